The number of nitrogens with one attached hydrogen (secondary N) is 2. The molecule has 1 heterocycles. The second-order valence-electron chi connectivity index (χ2n) is 4.04. The fourth-order valence-electron chi connectivity index (χ4n) is 1.39. The summed E-state index contributed by atoms with van der Waals surface area (Å²) >= 11 is 0. The third-order valence-corrected chi connectivity index (χ3v) is 2.55. The standard InChI is InChI=1S/C13H23N3O.HI/c1-4-11(3)16-13(14-5-2)15-9-8-12-7-6-10-17-12;/h6-7,10-11H,4-5,8-9H2,1-3H3,(H2,14,15,16);1H. The monoisotopic (exact) mass is 365 g/mol. The minimum Gasteiger partial charge on any atom is -0.469 e. The van der Waals surface area contributed by atoms with Gasteiger partial charge in [-0.25, -0.2) is 0 Å². The number of aliphatic imine (C=N–C) groups is 1. The molecule has 0 aliphatic rings. The molecule has 0 bridgehead atoms. The molecule has 1 unspecified atom stereocenters. The van der Waals surface area contributed by atoms with Gasteiger partial charge in [-0.1, -0.05) is 6.92 Å². The Morgan fingerprint density at radius 2 is 2.22 bits per heavy atom. The van der Waals surface area contributed by atoms with Gasteiger partial charge in [0.25, 0.3) is 0 Å². The Bertz CT molecular complexity index is 325. The Morgan fingerprint density at radius 1 is 1.44 bits per heavy atom. The molecule has 0 saturated heterocycles. The third-order valence-electron chi connectivity index (χ3n) is 2.55. The fraction of sp³-hybridized carbons (Fsp3) is 0.615. The van der Waals surface area contributed by atoms with Crippen molar-refractivity contribution in [2.24, 2.45) is 4.99 Å². The van der Waals surface area contributed by atoms with Crippen molar-refractivity contribution in [2.75, 3.05) is 13.1 Å². The first-order chi connectivity index (χ1) is 8.26. The Hall–Kier alpha value is -0.720. The van der Waals surface area contributed by atoms with Gasteiger partial charge in [-0.15, -0.1) is 24.0 Å². The van der Waals surface area contributed by atoms with Crippen LogP contribution < -0.4 is 10.6 Å². The molecule has 0 spiro atoms. The number of hydrogen-bond donors (Lipinski definition) is 2. The normalized spacial score (nSPS) is 12.7. The molecule has 0 aromatic carbocycles. The molecule has 5 heteroatoms. The molecule has 0 aliphatic heterocycles. The second-order valence-corrected chi connectivity index (χ2v) is 4.04. The minimum absolute atomic E-state index is 0. The lowest BCUT2D eigenvalue weighted by atomic mass is 10.3. The Labute approximate surface area is 127 Å². The highest BCUT2D eigenvalue weighted by Gasteiger charge is 2.02. The number of hydrogen-bond acceptors (Lipinski definition) is 2. The number of nitrogens with zero attached hydrogens (tertiary/aromatic N) is 1. The van der Waals surface area contributed by atoms with Gasteiger partial charge in [-0.2, -0.15) is 0 Å². The molecule has 1 atom stereocenters. The molecule has 18 heavy (non-hydrogen) atoms. The molecule has 4 nitrogen and oxygen atoms in total. The summed E-state index contributed by atoms with van der Waals surface area (Å²) in [6.07, 6.45) is 3.62. The van der Waals surface area contributed by atoms with Gasteiger partial charge in [0.1, 0.15) is 5.76 Å². The minimum atomic E-state index is 0. The summed E-state index contributed by atoms with van der Waals surface area (Å²) in [5.74, 6) is 1.86. The van der Waals surface area contributed by atoms with Crippen LogP contribution in [0, 0.1) is 0 Å². The van der Waals surface area contributed by atoms with Gasteiger partial charge < -0.3 is 15.1 Å². The van der Waals surface area contributed by atoms with Gasteiger partial charge in [-0.3, -0.25) is 4.99 Å². The lowest BCUT2D eigenvalue weighted by molar-refractivity contribution is 0.510. The molecule has 1 aromatic heterocycles. The number of rotatable bonds is 6. The van der Waals surface area contributed by atoms with E-state index < -0.39 is 0 Å². The van der Waals surface area contributed by atoms with Crippen molar-refractivity contribution in [3.8, 4) is 0 Å². The molecule has 0 amide bonds. The summed E-state index contributed by atoms with van der Waals surface area (Å²) < 4.78 is 5.27. The predicted molar refractivity (Wildman–Crippen MR) is 86.7 cm³/mol. The first kappa shape index (κ1) is 17.3. The van der Waals surface area contributed by atoms with Crippen LogP contribution in [0.3, 0.4) is 0 Å². The van der Waals surface area contributed by atoms with E-state index in [2.05, 4.69) is 36.4 Å². The van der Waals surface area contributed by atoms with Crippen LogP contribution in [0.1, 0.15) is 33.0 Å². The van der Waals surface area contributed by atoms with E-state index in [1.54, 1.807) is 6.26 Å². The van der Waals surface area contributed by atoms with Gasteiger partial charge in [0.05, 0.1) is 6.26 Å². The average molecular weight is 365 g/mol. The molecule has 1 rings (SSSR count). The quantitative estimate of drug-likeness (QED) is 0.463. The zero-order chi connectivity index (χ0) is 12.5. The lowest BCUT2D eigenvalue weighted by Gasteiger charge is -2.15. The maximum Gasteiger partial charge on any atom is 0.191 e. The van der Waals surface area contributed by atoms with Crippen LogP contribution in [0.2, 0.25) is 0 Å². The summed E-state index contributed by atoms with van der Waals surface area (Å²) in [6.45, 7) is 7.99. The SMILES string of the molecule is CCNC(=NCCc1ccco1)NC(C)CC.I. The van der Waals surface area contributed by atoms with E-state index >= 15 is 0 Å². The number of halogens is 1. The van der Waals surface area contributed by atoms with E-state index in [9.17, 15) is 0 Å². The maximum absolute atomic E-state index is 5.27. The van der Waals surface area contributed by atoms with Crippen molar-refractivity contribution in [1.82, 2.24) is 10.6 Å². The molecular weight excluding hydrogens is 341 g/mol. The summed E-state index contributed by atoms with van der Waals surface area (Å²) in [7, 11) is 0. The largest absolute Gasteiger partial charge is 0.469 e. The number of furan rings is 1. The first-order valence-corrected chi connectivity index (χ1v) is 6.33. The summed E-state index contributed by atoms with van der Waals surface area (Å²) in [6, 6.07) is 4.32. The molecule has 0 aliphatic carbocycles. The van der Waals surface area contributed by atoms with E-state index in [1.807, 2.05) is 12.1 Å². The van der Waals surface area contributed by atoms with Gasteiger partial charge >= 0.3 is 0 Å². The highest BCUT2D eigenvalue weighted by molar-refractivity contribution is 14.0. The van der Waals surface area contributed by atoms with E-state index in [0.717, 1.165) is 37.7 Å². The highest BCUT2D eigenvalue weighted by atomic mass is 127. The Morgan fingerprint density at radius 3 is 2.78 bits per heavy atom. The van der Waals surface area contributed by atoms with Crippen LogP contribution in [-0.4, -0.2) is 25.1 Å². The summed E-state index contributed by atoms with van der Waals surface area (Å²) in [5.41, 5.74) is 0. The van der Waals surface area contributed by atoms with Crippen LogP contribution in [-0.2, 0) is 6.42 Å². The third kappa shape index (κ3) is 6.88. The van der Waals surface area contributed by atoms with Crippen molar-refractivity contribution >= 4 is 29.9 Å². The van der Waals surface area contributed by atoms with Gasteiger partial charge in [-0.05, 0) is 32.4 Å². The van der Waals surface area contributed by atoms with Crippen molar-refractivity contribution in [3.05, 3.63) is 24.2 Å². The van der Waals surface area contributed by atoms with Crippen LogP contribution in [0.4, 0.5) is 0 Å². The molecular formula is C13H24IN3O. The predicted octanol–water partition coefficient (Wildman–Crippen LogP) is 2.79. The lowest BCUT2D eigenvalue weighted by Crippen LogP contribution is -2.42. The molecule has 104 valence electrons. The van der Waals surface area contributed by atoms with Crippen molar-refractivity contribution in [2.45, 2.75) is 39.7 Å². The van der Waals surface area contributed by atoms with E-state index in [-0.39, 0.29) is 24.0 Å². The molecule has 2 N–H and O–H groups in total. The van der Waals surface area contributed by atoms with E-state index in [0.29, 0.717) is 6.04 Å². The van der Waals surface area contributed by atoms with Crippen LogP contribution >= 0.6 is 24.0 Å². The fourth-order valence-corrected chi connectivity index (χ4v) is 1.39. The Balaban J connectivity index is 0.00000289. The maximum atomic E-state index is 5.27. The van der Waals surface area contributed by atoms with Crippen molar-refractivity contribution in [3.63, 3.8) is 0 Å². The first-order valence-electron chi connectivity index (χ1n) is 6.33. The van der Waals surface area contributed by atoms with Crippen LogP contribution in [0.15, 0.2) is 27.8 Å². The topological polar surface area (TPSA) is 49.6 Å². The van der Waals surface area contributed by atoms with E-state index in [4.69, 9.17) is 4.42 Å². The molecule has 1 aromatic rings. The average Bonchev–Trinajstić information content (AvgIpc) is 2.82. The number of guanidine groups is 1. The summed E-state index contributed by atoms with van der Waals surface area (Å²) in [5, 5.41) is 6.59. The van der Waals surface area contributed by atoms with Gasteiger partial charge in [0.2, 0.25) is 0 Å². The van der Waals surface area contributed by atoms with Crippen LogP contribution in [0.5, 0.6) is 0 Å². The molecule has 0 radical (unpaired) electrons. The van der Waals surface area contributed by atoms with Gasteiger partial charge in [0.15, 0.2) is 5.96 Å². The molecule has 0 fully saturated rings. The smallest absolute Gasteiger partial charge is 0.191 e. The Kier molecular flexibility index (Phi) is 9.82. The molecule has 0 saturated carbocycles. The zero-order valence-electron chi connectivity index (χ0n) is 11.4. The van der Waals surface area contributed by atoms with E-state index in [1.165, 1.54) is 0 Å². The second kappa shape index (κ2) is 10.2. The summed E-state index contributed by atoms with van der Waals surface area (Å²) in [4.78, 5) is 4.51. The zero-order valence-corrected chi connectivity index (χ0v) is 13.7. The van der Waals surface area contributed by atoms with Gasteiger partial charge in [0, 0.05) is 25.6 Å². The van der Waals surface area contributed by atoms with Crippen molar-refractivity contribution < 1.29 is 4.42 Å². The highest BCUT2D eigenvalue weighted by Crippen LogP contribution is 2.00. The van der Waals surface area contributed by atoms with Crippen molar-refractivity contribution in [1.29, 1.82) is 0 Å². The van der Waals surface area contributed by atoms with Crippen LogP contribution in [0.25, 0.3) is 0 Å².